The minimum absolute atomic E-state index is 0.117. The van der Waals surface area contributed by atoms with E-state index in [0.29, 0.717) is 34.2 Å². The quantitative estimate of drug-likeness (QED) is 0.677. The summed E-state index contributed by atoms with van der Waals surface area (Å²) in [6.07, 6.45) is 7.99. The van der Waals surface area contributed by atoms with Crippen molar-refractivity contribution in [1.82, 2.24) is 15.0 Å². The van der Waals surface area contributed by atoms with Gasteiger partial charge in [0.1, 0.15) is 5.82 Å². The second kappa shape index (κ2) is 7.53. The standard InChI is InChI=1S/C21H17ClFN5/c22-17-3-1-8-25-19(17)21(6-2-7-21)13-28-20-26-11-15(12-27-20)16-9-14(10-24)4-5-18(16)23/h1,3-5,8-9,11-12H,2,6-7,13H2,(H,26,27,28). The van der Waals surface area contributed by atoms with E-state index < -0.39 is 5.82 Å². The lowest BCUT2D eigenvalue weighted by molar-refractivity contribution is 0.253. The molecule has 0 atom stereocenters. The molecule has 0 spiro atoms. The summed E-state index contributed by atoms with van der Waals surface area (Å²) < 4.78 is 14.1. The van der Waals surface area contributed by atoms with Crippen molar-refractivity contribution in [1.29, 1.82) is 5.26 Å². The van der Waals surface area contributed by atoms with E-state index in [2.05, 4.69) is 20.3 Å². The van der Waals surface area contributed by atoms with Crippen molar-refractivity contribution in [2.45, 2.75) is 24.7 Å². The average molecular weight is 394 g/mol. The van der Waals surface area contributed by atoms with Crippen molar-refractivity contribution in [3.8, 4) is 17.2 Å². The Morgan fingerprint density at radius 3 is 2.61 bits per heavy atom. The number of aromatic nitrogens is 3. The number of hydrogen-bond donors (Lipinski definition) is 1. The first-order chi connectivity index (χ1) is 13.6. The highest BCUT2D eigenvalue weighted by Gasteiger charge is 2.41. The summed E-state index contributed by atoms with van der Waals surface area (Å²) in [6, 6.07) is 9.91. The van der Waals surface area contributed by atoms with Crippen molar-refractivity contribution in [3.63, 3.8) is 0 Å². The molecule has 140 valence electrons. The average Bonchev–Trinajstić information content (AvgIpc) is 2.69. The molecule has 1 aliphatic carbocycles. The first kappa shape index (κ1) is 18.3. The Hall–Kier alpha value is -3.04. The molecule has 1 saturated carbocycles. The molecule has 1 fully saturated rings. The molecule has 0 saturated heterocycles. The van der Waals surface area contributed by atoms with E-state index in [0.717, 1.165) is 25.0 Å². The van der Waals surface area contributed by atoms with Gasteiger partial charge in [-0.25, -0.2) is 14.4 Å². The first-order valence-corrected chi connectivity index (χ1v) is 9.36. The van der Waals surface area contributed by atoms with Crippen LogP contribution in [-0.4, -0.2) is 21.5 Å². The van der Waals surface area contributed by atoms with Gasteiger partial charge >= 0.3 is 0 Å². The minimum Gasteiger partial charge on any atom is -0.353 e. The Balaban J connectivity index is 1.51. The Morgan fingerprint density at radius 1 is 1.18 bits per heavy atom. The van der Waals surface area contributed by atoms with Gasteiger partial charge in [-0.2, -0.15) is 5.26 Å². The number of halogens is 2. The second-order valence-corrected chi connectivity index (χ2v) is 7.33. The molecule has 7 heteroatoms. The fourth-order valence-corrected chi connectivity index (χ4v) is 3.82. The largest absolute Gasteiger partial charge is 0.353 e. The van der Waals surface area contributed by atoms with E-state index in [1.807, 2.05) is 18.2 Å². The van der Waals surface area contributed by atoms with Crippen LogP contribution >= 0.6 is 11.6 Å². The van der Waals surface area contributed by atoms with Crippen LogP contribution in [0, 0.1) is 17.1 Å². The predicted molar refractivity (Wildman–Crippen MR) is 105 cm³/mol. The molecule has 2 aromatic heterocycles. The number of rotatable bonds is 5. The lowest BCUT2D eigenvalue weighted by Gasteiger charge is -2.41. The number of benzene rings is 1. The van der Waals surface area contributed by atoms with E-state index in [1.165, 1.54) is 18.2 Å². The zero-order chi connectivity index (χ0) is 19.6. The van der Waals surface area contributed by atoms with Gasteiger partial charge in [0.2, 0.25) is 5.95 Å². The SMILES string of the molecule is N#Cc1ccc(F)c(-c2cnc(NCC3(c4ncccc4Cl)CCC3)nc2)c1. The third-order valence-corrected chi connectivity index (χ3v) is 5.52. The van der Waals surface area contributed by atoms with Crippen molar-refractivity contribution >= 4 is 17.5 Å². The van der Waals surface area contributed by atoms with E-state index in [1.54, 1.807) is 18.6 Å². The van der Waals surface area contributed by atoms with E-state index >= 15 is 0 Å². The van der Waals surface area contributed by atoms with Crippen molar-refractivity contribution < 1.29 is 4.39 Å². The number of nitrogens with one attached hydrogen (secondary N) is 1. The van der Waals surface area contributed by atoms with Gasteiger partial charge in [0.15, 0.2) is 0 Å². The molecule has 0 amide bonds. The van der Waals surface area contributed by atoms with Gasteiger partial charge in [0, 0.05) is 41.7 Å². The highest BCUT2D eigenvalue weighted by molar-refractivity contribution is 6.31. The fourth-order valence-electron chi connectivity index (χ4n) is 3.50. The van der Waals surface area contributed by atoms with Crippen LogP contribution in [-0.2, 0) is 5.41 Å². The van der Waals surface area contributed by atoms with Crippen LogP contribution < -0.4 is 5.32 Å². The van der Waals surface area contributed by atoms with E-state index in [4.69, 9.17) is 16.9 Å². The summed E-state index contributed by atoms with van der Waals surface area (Å²) >= 11 is 6.35. The first-order valence-electron chi connectivity index (χ1n) is 8.98. The summed E-state index contributed by atoms with van der Waals surface area (Å²) in [5, 5.41) is 12.9. The summed E-state index contributed by atoms with van der Waals surface area (Å²) in [5.74, 6) is 0.0421. The topological polar surface area (TPSA) is 74.5 Å². The molecular weight excluding hydrogens is 377 g/mol. The molecule has 28 heavy (non-hydrogen) atoms. The number of anilines is 1. The molecule has 0 radical (unpaired) electrons. The van der Waals surface area contributed by atoms with E-state index in [-0.39, 0.29) is 5.41 Å². The zero-order valence-corrected chi connectivity index (χ0v) is 15.7. The molecule has 5 nitrogen and oxygen atoms in total. The second-order valence-electron chi connectivity index (χ2n) is 6.92. The highest BCUT2D eigenvalue weighted by Crippen LogP contribution is 2.45. The molecule has 0 aliphatic heterocycles. The molecule has 1 N–H and O–H groups in total. The lowest BCUT2D eigenvalue weighted by atomic mass is 9.66. The molecule has 2 heterocycles. The van der Waals surface area contributed by atoms with Crippen LogP contribution in [0.2, 0.25) is 5.02 Å². The number of pyridine rings is 1. The van der Waals surface area contributed by atoms with Crippen LogP contribution in [0.4, 0.5) is 10.3 Å². The van der Waals surface area contributed by atoms with Crippen molar-refractivity contribution in [2.75, 3.05) is 11.9 Å². The van der Waals surface area contributed by atoms with Crippen LogP contribution in [0.3, 0.4) is 0 Å². The smallest absolute Gasteiger partial charge is 0.222 e. The molecule has 1 aromatic carbocycles. The van der Waals surface area contributed by atoms with Crippen LogP contribution in [0.1, 0.15) is 30.5 Å². The normalized spacial score (nSPS) is 14.8. The maximum absolute atomic E-state index is 14.1. The number of hydrogen-bond acceptors (Lipinski definition) is 5. The molecule has 4 rings (SSSR count). The third kappa shape index (κ3) is 3.41. The minimum atomic E-state index is -0.415. The summed E-state index contributed by atoms with van der Waals surface area (Å²) in [6.45, 7) is 0.626. The van der Waals surface area contributed by atoms with Gasteiger partial charge in [0.05, 0.1) is 22.3 Å². The van der Waals surface area contributed by atoms with Gasteiger partial charge in [-0.1, -0.05) is 18.0 Å². The Morgan fingerprint density at radius 2 is 1.96 bits per heavy atom. The molecule has 1 aliphatic rings. The van der Waals surface area contributed by atoms with Crippen molar-refractivity contribution in [2.24, 2.45) is 0 Å². The summed E-state index contributed by atoms with van der Waals surface area (Å²) in [5.41, 5.74) is 2.00. The monoisotopic (exact) mass is 393 g/mol. The maximum Gasteiger partial charge on any atom is 0.222 e. The molecular formula is C21H17ClFN5. The Bertz CT molecular complexity index is 1040. The number of nitriles is 1. The van der Waals surface area contributed by atoms with Crippen LogP contribution in [0.5, 0.6) is 0 Å². The predicted octanol–water partition coefficient (Wildman–Crippen LogP) is 4.74. The van der Waals surface area contributed by atoms with Gasteiger partial charge in [-0.3, -0.25) is 4.98 Å². The fraction of sp³-hybridized carbons (Fsp3) is 0.238. The number of nitrogens with zero attached hydrogens (tertiary/aromatic N) is 4. The Kier molecular flexibility index (Phi) is 4.93. The maximum atomic E-state index is 14.1. The van der Waals surface area contributed by atoms with Crippen LogP contribution in [0.15, 0.2) is 48.9 Å². The summed E-state index contributed by atoms with van der Waals surface area (Å²) in [4.78, 5) is 13.1. The Labute approximate surface area is 167 Å². The third-order valence-electron chi connectivity index (χ3n) is 5.21. The van der Waals surface area contributed by atoms with E-state index in [9.17, 15) is 4.39 Å². The lowest BCUT2D eigenvalue weighted by Crippen LogP contribution is -2.42. The zero-order valence-electron chi connectivity index (χ0n) is 15.0. The van der Waals surface area contributed by atoms with Gasteiger partial charge in [0.25, 0.3) is 0 Å². The van der Waals surface area contributed by atoms with Gasteiger partial charge < -0.3 is 5.32 Å². The highest BCUT2D eigenvalue weighted by atomic mass is 35.5. The molecule has 0 unspecified atom stereocenters. The van der Waals surface area contributed by atoms with Crippen molar-refractivity contribution in [3.05, 3.63) is 71.0 Å². The molecule has 0 bridgehead atoms. The van der Waals surface area contributed by atoms with Crippen LogP contribution in [0.25, 0.3) is 11.1 Å². The van der Waals surface area contributed by atoms with Gasteiger partial charge in [-0.15, -0.1) is 0 Å². The van der Waals surface area contributed by atoms with Gasteiger partial charge in [-0.05, 0) is 43.2 Å². The molecule has 3 aromatic rings. The summed E-state index contributed by atoms with van der Waals surface area (Å²) in [7, 11) is 0.